The molecule has 4 N–H and O–H groups in total. The summed E-state index contributed by atoms with van der Waals surface area (Å²) in [5.41, 5.74) is 1.21. The smallest absolute Gasteiger partial charge is 0.276 e. The van der Waals surface area contributed by atoms with Crippen molar-refractivity contribution in [3.8, 4) is 11.5 Å². The number of nitrogens with one attached hydrogen (secondary N) is 1. The molecule has 2 rings (SSSR count). The zero-order valence-electron chi connectivity index (χ0n) is 17.0. The molecule has 16 heteroatoms. The molecule has 0 aromatic heterocycles. The summed E-state index contributed by atoms with van der Waals surface area (Å²) in [6, 6.07) is 4.74. The van der Waals surface area contributed by atoms with E-state index in [0.29, 0.717) is 12.1 Å². The predicted octanol–water partition coefficient (Wildman–Crippen LogP) is -1.47. The number of benzene rings is 2. The Morgan fingerprint density at radius 3 is 1.25 bits per heavy atom. The van der Waals surface area contributed by atoms with Crippen LogP contribution < -0.4 is 20.8 Å². The molecule has 174 valence electrons. The summed E-state index contributed by atoms with van der Waals surface area (Å²) < 4.78 is 0. The van der Waals surface area contributed by atoms with Crippen LogP contribution in [0.2, 0.25) is 0 Å². The molecule has 0 unspecified atom stereocenters. The van der Waals surface area contributed by atoms with Crippen LogP contribution in [0.5, 0.6) is 11.5 Å². The monoisotopic (exact) mass is 456 g/mol. The molecule has 0 bridgehead atoms. The Bertz CT molecular complexity index is 908. The van der Waals surface area contributed by atoms with Gasteiger partial charge >= 0.3 is 0 Å². The van der Waals surface area contributed by atoms with Gasteiger partial charge in [-0.15, -0.1) is 0 Å². The highest BCUT2D eigenvalue weighted by molar-refractivity contribution is 5.52. The molecule has 2 aromatic carbocycles. The van der Waals surface area contributed by atoms with Gasteiger partial charge in [-0.25, -0.2) is 0 Å². The first kappa shape index (κ1) is 27.6. The SMILES string of the molecule is C[NH+](C)CC[NH3+].O=[N+]([O-])c1ccc([O-])c([N+](=O)[O-])c1.O=[N+]([O-])c1ccc([O-])c([N+](=O)[O-])c1. The number of non-ortho nitro benzene ring substituents is 2. The topological polar surface area (TPSA) is 251 Å². The van der Waals surface area contributed by atoms with Crippen LogP contribution in [-0.4, -0.2) is 46.9 Å². The Hall–Kier alpha value is -4.44. The standard InChI is InChI=1S/2C6H4N2O5.C4H12N2/c2*9-6-2-1-4(7(10)11)3-5(6)8(12)13;1-6(2)4-3-5/h2*1-3,9H;3-5H2,1-2H3. The first-order valence-corrected chi connectivity index (χ1v) is 8.59. The van der Waals surface area contributed by atoms with E-state index in [0.717, 1.165) is 30.8 Å². The van der Waals surface area contributed by atoms with Gasteiger partial charge in [0.15, 0.2) is 0 Å². The third-order valence-corrected chi connectivity index (χ3v) is 3.38. The van der Waals surface area contributed by atoms with Gasteiger partial charge in [-0.3, -0.25) is 40.5 Å². The Labute approximate surface area is 179 Å². The summed E-state index contributed by atoms with van der Waals surface area (Å²) in [6.45, 7) is 2.22. The molecule has 0 aliphatic rings. The lowest BCUT2D eigenvalue weighted by atomic mass is 10.2. The molecule has 0 aliphatic carbocycles. The molecular weight excluding hydrogens is 436 g/mol. The normalized spacial score (nSPS) is 9.62. The second-order valence-electron chi connectivity index (χ2n) is 6.14. The highest BCUT2D eigenvalue weighted by Crippen LogP contribution is 2.28. The molecule has 0 amide bonds. The molecule has 0 saturated carbocycles. The number of hydrogen-bond donors (Lipinski definition) is 2. The summed E-state index contributed by atoms with van der Waals surface area (Å²) in [6.07, 6.45) is 0. The molecule has 0 radical (unpaired) electrons. The summed E-state index contributed by atoms with van der Waals surface area (Å²) in [5, 5.41) is 62.2. The van der Waals surface area contributed by atoms with Crippen molar-refractivity contribution in [2.24, 2.45) is 0 Å². The van der Waals surface area contributed by atoms with Crippen LogP contribution in [0.4, 0.5) is 22.7 Å². The molecule has 0 heterocycles. The van der Waals surface area contributed by atoms with Crippen LogP contribution in [0.1, 0.15) is 0 Å². The fourth-order valence-electron chi connectivity index (χ4n) is 1.88. The number of hydrogen-bond acceptors (Lipinski definition) is 10. The third-order valence-electron chi connectivity index (χ3n) is 3.38. The molecule has 0 fully saturated rings. The number of nitro groups is 4. The van der Waals surface area contributed by atoms with Crippen molar-refractivity contribution < 1.29 is 40.5 Å². The summed E-state index contributed by atoms with van der Waals surface area (Å²) >= 11 is 0. The van der Waals surface area contributed by atoms with E-state index in [1.54, 1.807) is 0 Å². The van der Waals surface area contributed by atoms with Crippen LogP contribution in [0, 0.1) is 40.5 Å². The minimum atomic E-state index is -0.949. The van der Waals surface area contributed by atoms with Gasteiger partial charge < -0.3 is 20.8 Å². The number of likely N-dealkylation sites (N-methyl/N-ethyl adjacent to an activating group) is 1. The molecule has 16 nitrogen and oxygen atoms in total. The van der Waals surface area contributed by atoms with E-state index in [4.69, 9.17) is 0 Å². The van der Waals surface area contributed by atoms with E-state index >= 15 is 0 Å². The lowest BCUT2D eigenvalue weighted by molar-refractivity contribution is -0.864. The minimum Gasteiger partial charge on any atom is -0.868 e. The predicted molar refractivity (Wildman–Crippen MR) is 104 cm³/mol. The minimum absolute atomic E-state index is 0.466. The summed E-state index contributed by atoms with van der Waals surface area (Å²) in [7, 11) is 4.26. The Kier molecular flexibility index (Phi) is 11.2. The first-order valence-electron chi connectivity index (χ1n) is 8.59. The lowest BCUT2D eigenvalue weighted by Gasteiger charge is -2.04. The zero-order valence-corrected chi connectivity index (χ0v) is 17.0. The second kappa shape index (κ2) is 13.0. The average Bonchev–Trinajstić information content (AvgIpc) is 2.68. The van der Waals surface area contributed by atoms with Crippen molar-refractivity contribution in [1.29, 1.82) is 0 Å². The van der Waals surface area contributed by atoms with E-state index < -0.39 is 53.9 Å². The van der Waals surface area contributed by atoms with Crippen molar-refractivity contribution in [3.63, 3.8) is 0 Å². The van der Waals surface area contributed by atoms with Gasteiger partial charge in [-0.1, -0.05) is 12.1 Å². The molecule has 0 spiro atoms. The molecule has 32 heavy (non-hydrogen) atoms. The highest BCUT2D eigenvalue weighted by Gasteiger charge is 2.14. The first-order chi connectivity index (χ1) is 14.8. The molecule has 0 aliphatic heterocycles. The van der Waals surface area contributed by atoms with Crippen molar-refractivity contribution in [2.45, 2.75) is 0 Å². The molecule has 0 saturated heterocycles. The van der Waals surface area contributed by atoms with Gasteiger partial charge in [0, 0.05) is 12.1 Å². The second-order valence-corrected chi connectivity index (χ2v) is 6.14. The van der Waals surface area contributed by atoms with Gasteiger partial charge in [-0.05, 0) is 11.5 Å². The Morgan fingerprint density at radius 2 is 1.06 bits per heavy atom. The number of nitro benzene ring substituents is 4. The summed E-state index contributed by atoms with van der Waals surface area (Å²) in [4.78, 5) is 38.7. The van der Waals surface area contributed by atoms with Gasteiger partial charge in [0.05, 0.1) is 45.9 Å². The highest BCUT2D eigenvalue weighted by atomic mass is 16.6. The largest absolute Gasteiger partial charge is 0.868 e. The maximum Gasteiger partial charge on any atom is 0.276 e. The molecule has 2 aromatic rings. The van der Waals surface area contributed by atoms with Crippen molar-refractivity contribution >= 4 is 22.7 Å². The van der Waals surface area contributed by atoms with Gasteiger partial charge in [0.25, 0.3) is 22.7 Å². The summed E-state index contributed by atoms with van der Waals surface area (Å²) in [5.74, 6) is -1.67. The zero-order chi connectivity index (χ0) is 25.0. The van der Waals surface area contributed by atoms with Gasteiger partial charge in [0.2, 0.25) is 0 Å². The van der Waals surface area contributed by atoms with Crippen LogP contribution in [0.3, 0.4) is 0 Å². The van der Waals surface area contributed by atoms with Crippen molar-refractivity contribution in [2.75, 3.05) is 27.2 Å². The fraction of sp³-hybridized carbons (Fsp3) is 0.250. The quantitative estimate of drug-likeness (QED) is 0.376. The number of quaternary nitrogens is 2. The maximum absolute atomic E-state index is 10.8. The van der Waals surface area contributed by atoms with E-state index in [1.807, 2.05) is 0 Å². The fourth-order valence-corrected chi connectivity index (χ4v) is 1.88. The van der Waals surface area contributed by atoms with Crippen molar-refractivity contribution in [3.05, 3.63) is 76.9 Å². The lowest BCUT2D eigenvalue weighted by Crippen LogP contribution is -3.07. The maximum atomic E-state index is 10.8. The third kappa shape index (κ3) is 9.37. The average molecular weight is 456 g/mol. The van der Waals surface area contributed by atoms with E-state index in [1.165, 1.54) is 11.4 Å². The van der Waals surface area contributed by atoms with Gasteiger partial charge in [-0.2, -0.15) is 0 Å². The number of rotatable bonds is 6. The van der Waals surface area contributed by atoms with Gasteiger partial charge in [0.1, 0.15) is 13.1 Å². The molecular formula is C16H20N6O10. The van der Waals surface area contributed by atoms with E-state index in [9.17, 15) is 50.7 Å². The molecule has 0 atom stereocenters. The van der Waals surface area contributed by atoms with Crippen LogP contribution in [-0.2, 0) is 0 Å². The van der Waals surface area contributed by atoms with E-state index in [2.05, 4.69) is 19.8 Å². The Morgan fingerprint density at radius 1 is 0.719 bits per heavy atom. The van der Waals surface area contributed by atoms with Crippen molar-refractivity contribution in [1.82, 2.24) is 0 Å². The number of nitrogens with zero attached hydrogens (tertiary/aromatic N) is 4. The van der Waals surface area contributed by atoms with Crippen LogP contribution in [0.15, 0.2) is 36.4 Å². The Balaban J connectivity index is 0.000000484. The van der Waals surface area contributed by atoms with E-state index in [-0.39, 0.29) is 0 Å². The van der Waals surface area contributed by atoms with Crippen LogP contribution >= 0.6 is 0 Å². The van der Waals surface area contributed by atoms with Crippen LogP contribution in [0.25, 0.3) is 0 Å².